The zero-order valence-corrected chi connectivity index (χ0v) is 40.0. The highest BCUT2D eigenvalue weighted by atomic mass is 15.0. The van der Waals surface area contributed by atoms with E-state index in [1.54, 1.807) is 0 Å². The van der Waals surface area contributed by atoms with Gasteiger partial charge in [-0.2, -0.15) is 5.26 Å². The van der Waals surface area contributed by atoms with Gasteiger partial charge in [0.1, 0.15) is 0 Å². The molecule has 0 aliphatic heterocycles. The van der Waals surface area contributed by atoms with Gasteiger partial charge >= 0.3 is 0 Å². The molecule has 0 radical (unpaired) electrons. The van der Waals surface area contributed by atoms with E-state index in [1.165, 1.54) is 0 Å². The third kappa shape index (κ3) is 7.37. The van der Waals surface area contributed by atoms with Gasteiger partial charge in [-0.1, -0.05) is 170 Å². The number of hydrogen-bond acceptors (Lipinski definition) is 1. The number of fused-ring (bicyclic) bond motifs is 6. The van der Waals surface area contributed by atoms with E-state index in [0.717, 1.165) is 127 Å². The van der Waals surface area contributed by atoms with Crippen molar-refractivity contribution < 1.29 is 0 Å². The summed E-state index contributed by atoms with van der Waals surface area (Å²) in [4.78, 5) is 4.36. The van der Waals surface area contributed by atoms with Crippen molar-refractivity contribution in [1.29, 1.82) is 5.26 Å². The molecule has 4 heteroatoms. The third-order valence-corrected chi connectivity index (χ3v) is 14.5. The molecule has 0 aliphatic carbocycles. The van der Waals surface area contributed by atoms with Crippen LogP contribution in [0.25, 0.3) is 127 Å². The van der Waals surface area contributed by atoms with E-state index in [-0.39, 0.29) is 0 Å². The van der Waals surface area contributed by atoms with Gasteiger partial charge in [0.2, 0.25) is 0 Å². The number of aryl methyl sites for hydroxylation is 1. The van der Waals surface area contributed by atoms with Gasteiger partial charge in [0.05, 0.1) is 46.0 Å². The van der Waals surface area contributed by atoms with Crippen LogP contribution in [0.2, 0.25) is 0 Å². The van der Waals surface area contributed by atoms with Crippen LogP contribution < -0.4 is 0 Å². The predicted molar refractivity (Wildman–Crippen MR) is 303 cm³/mol. The minimum absolute atomic E-state index is 0.544. The topological polar surface area (TPSA) is 38.0 Å². The van der Waals surface area contributed by atoms with Crippen LogP contribution in [0.15, 0.2) is 249 Å². The van der Waals surface area contributed by atoms with Gasteiger partial charge in [-0.05, 0) is 153 Å². The quantitative estimate of drug-likeness (QED) is 0.140. The third-order valence-electron chi connectivity index (χ3n) is 14.5. The van der Waals surface area contributed by atoms with Crippen molar-refractivity contribution in [1.82, 2.24) is 9.13 Å². The van der Waals surface area contributed by atoms with Crippen LogP contribution in [-0.4, -0.2) is 9.13 Å². The smallest absolute Gasteiger partial charge is 0.197 e. The van der Waals surface area contributed by atoms with Gasteiger partial charge in [0.25, 0.3) is 0 Å². The lowest BCUT2D eigenvalue weighted by Crippen LogP contribution is -2.02. The molecule has 0 aliphatic rings. The number of nitrogens with zero attached hydrogens (tertiary/aromatic N) is 4. The largest absolute Gasteiger partial charge is 0.310 e. The summed E-state index contributed by atoms with van der Waals surface area (Å²) < 4.78 is 4.76. The maximum Gasteiger partial charge on any atom is 0.197 e. The fourth-order valence-electron chi connectivity index (χ4n) is 11.0. The number of rotatable bonds is 8. The SMILES string of the molecule is [C-]#[N+]c1cccc(-n2c3ccc(-c4ccccc4)cc3c3cc(-c4ccccc4)ccc32)c1-c1cc(-c2ccc(C#N)cc2C)ccc1-n1c2ccc(-c3ccccc3)cc2c2cc(-c3ccccc3)ccc21. The molecular formula is C69H44N4. The second-order valence-electron chi connectivity index (χ2n) is 18.7. The monoisotopic (exact) mass is 928 g/mol. The van der Waals surface area contributed by atoms with Crippen molar-refractivity contribution in [3.05, 3.63) is 271 Å². The van der Waals surface area contributed by atoms with Gasteiger partial charge in [-0.25, -0.2) is 4.85 Å². The molecule has 0 amide bonds. The average molecular weight is 929 g/mol. The molecule has 4 nitrogen and oxygen atoms in total. The Labute approximate surface area is 424 Å². The number of aromatic nitrogens is 2. The first-order valence-electron chi connectivity index (χ1n) is 24.6. The van der Waals surface area contributed by atoms with Crippen LogP contribution in [0.1, 0.15) is 11.1 Å². The van der Waals surface area contributed by atoms with E-state index in [4.69, 9.17) is 6.57 Å². The van der Waals surface area contributed by atoms with Crippen molar-refractivity contribution in [2.75, 3.05) is 0 Å². The van der Waals surface area contributed by atoms with E-state index < -0.39 is 0 Å². The van der Waals surface area contributed by atoms with E-state index >= 15 is 0 Å². The number of benzene rings is 11. The maximum atomic E-state index is 9.89. The van der Waals surface area contributed by atoms with Crippen molar-refractivity contribution in [2.45, 2.75) is 6.92 Å². The van der Waals surface area contributed by atoms with Crippen molar-refractivity contribution in [2.24, 2.45) is 0 Å². The summed E-state index contributed by atoms with van der Waals surface area (Å²) in [6, 6.07) is 90.5. The van der Waals surface area contributed by atoms with Crippen molar-refractivity contribution in [3.8, 4) is 84.2 Å². The van der Waals surface area contributed by atoms with Crippen LogP contribution in [-0.2, 0) is 0 Å². The number of nitriles is 1. The minimum Gasteiger partial charge on any atom is -0.310 e. The molecule has 13 aromatic rings. The molecule has 11 aromatic carbocycles. The molecule has 13 rings (SSSR count). The molecule has 2 heterocycles. The molecule has 0 bridgehead atoms. The zero-order valence-electron chi connectivity index (χ0n) is 40.0. The summed E-state index contributed by atoms with van der Waals surface area (Å²) in [7, 11) is 0. The van der Waals surface area contributed by atoms with Gasteiger partial charge < -0.3 is 9.13 Å². The molecule has 0 atom stereocenters. The highest BCUT2D eigenvalue weighted by Gasteiger charge is 2.25. The van der Waals surface area contributed by atoms with Crippen molar-refractivity contribution >= 4 is 49.3 Å². The predicted octanol–water partition coefficient (Wildman–Crippen LogP) is 18.6. The highest BCUT2D eigenvalue weighted by Crippen LogP contribution is 2.47. The molecule has 340 valence electrons. The van der Waals surface area contributed by atoms with Gasteiger partial charge in [-0.3, -0.25) is 0 Å². The fraction of sp³-hybridized carbons (Fsp3) is 0.0145. The number of hydrogen-bond donors (Lipinski definition) is 0. The van der Waals surface area contributed by atoms with Crippen LogP contribution in [0.4, 0.5) is 5.69 Å². The summed E-state index contributed by atoms with van der Waals surface area (Å²) in [5.74, 6) is 0. The molecule has 2 aromatic heterocycles. The standard InChI is InChI=1S/C69H44N4/c1-45-38-46(44-70)26-32-56(45)55-31-37-67(72-63-33-27-51(47-16-7-3-8-17-47)39-57(63)58-40-52(28-34-64(58)72)48-18-9-4-10-19-48)61(43-55)69-62(71-2)24-15-25-68(69)73-65-35-29-53(49-20-11-5-12-21-49)41-59(65)60-42-54(30-36-66(60)73)50-22-13-6-14-23-50/h3-43H,1H3. The summed E-state index contributed by atoms with van der Waals surface area (Å²) in [5, 5.41) is 14.4. The van der Waals surface area contributed by atoms with Gasteiger partial charge in [0, 0.05) is 32.8 Å². The van der Waals surface area contributed by atoms with Gasteiger partial charge in [0.15, 0.2) is 5.69 Å². The van der Waals surface area contributed by atoms with Crippen LogP contribution in [0, 0.1) is 24.8 Å². The first-order chi connectivity index (χ1) is 36.0. The Morgan fingerprint density at radius 1 is 0.356 bits per heavy atom. The Morgan fingerprint density at radius 3 is 1.16 bits per heavy atom. The molecule has 0 fully saturated rings. The minimum atomic E-state index is 0.544. The summed E-state index contributed by atoms with van der Waals surface area (Å²) in [6.07, 6.45) is 0. The normalized spacial score (nSPS) is 11.3. The molecule has 0 N–H and O–H groups in total. The van der Waals surface area contributed by atoms with Crippen LogP contribution >= 0.6 is 0 Å². The first-order valence-corrected chi connectivity index (χ1v) is 24.6. The van der Waals surface area contributed by atoms with E-state index in [1.807, 2.05) is 30.3 Å². The van der Waals surface area contributed by atoms with E-state index in [0.29, 0.717) is 11.3 Å². The first kappa shape index (κ1) is 43.1. The molecule has 0 saturated carbocycles. The van der Waals surface area contributed by atoms with Crippen LogP contribution in [0.3, 0.4) is 0 Å². The zero-order chi connectivity index (χ0) is 49.0. The van der Waals surface area contributed by atoms with Gasteiger partial charge in [-0.15, -0.1) is 0 Å². The fourth-order valence-corrected chi connectivity index (χ4v) is 11.0. The van der Waals surface area contributed by atoms with Crippen LogP contribution in [0.5, 0.6) is 0 Å². The lowest BCUT2D eigenvalue weighted by atomic mass is 9.92. The lowest BCUT2D eigenvalue weighted by Gasteiger charge is -2.21. The maximum absolute atomic E-state index is 9.89. The average Bonchev–Trinajstić information content (AvgIpc) is 3.97. The van der Waals surface area contributed by atoms with E-state index in [2.05, 4.69) is 245 Å². The molecule has 0 unspecified atom stereocenters. The molecule has 0 spiro atoms. The van der Waals surface area contributed by atoms with E-state index in [9.17, 15) is 5.26 Å². The highest BCUT2D eigenvalue weighted by molar-refractivity contribution is 6.14. The summed E-state index contributed by atoms with van der Waals surface area (Å²) in [5.41, 5.74) is 21.1. The Balaban J connectivity index is 1.13. The molecule has 73 heavy (non-hydrogen) atoms. The lowest BCUT2D eigenvalue weighted by molar-refractivity contribution is 1.16. The second kappa shape index (κ2) is 17.8. The Bertz CT molecular complexity index is 4180. The summed E-state index contributed by atoms with van der Waals surface area (Å²) >= 11 is 0. The Hall–Kier alpha value is -10.0. The van der Waals surface area contributed by atoms with Crippen molar-refractivity contribution in [3.63, 3.8) is 0 Å². The molecular weight excluding hydrogens is 885 g/mol. The summed E-state index contributed by atoms with van der Waals surface area (Å²) in [6.45, 7) is 11.0. The Kier molecular flexibility index (Phi) is 10.5. The molecule has 0 saturated heterocycles. The Morgan fingerprint density at radius 2 is 0.767 bits per heavy atom. The second-order valence-corrected chi connectivity index (χ2v) is 18.7.